The molecule has 1 unspecified atom stereocenters. The molecule has 0 fully saturated rings. The van der Waals surface area contributed by atoms with Crippen molar-refractivity contribution >= 4 is 21.4 Å². The van der Waals surface area contributed by atoms with Crippen LogP contribution in [0.2, 0.25) is 0 Å². The van der Waals surface area contributed by atoms with Crippen LogP contribution in [0.25, 0.3) is 0 Å². The molecule has 0 radical (unpaired) electrons. The van der Waals surface area contributed by atoms with E-state index in [-0.39, 0.29) is 16.4 Å². The molecule has 0 amide bonds. The molecule has 0 spiro atoms. The number of benzene rings is 1. The van der Waals surface area contributed by atoms with Gasteiger partial charge in [0.05, 0.1) is 11.4 Å². The molecular weight excluding hydrogens is 286 g/mol. The molecule has 0 saturated carbocycles. The van der Waals surface area contributed by atoms with Gasteiger partial charge in [-0.2, -0.15) is 0 Å². The molecule has 0 aromatic heterocycles. The van der Waals surface area contributed by atoms with E-state index in [9.17, 15) is 8.42 Å². The Kier molecular flexibility index (Phi) is 4.95. The number of hydrogen-bond acceptors (Lipinski definition) is 4. The number of nitrogens with zero attached hydrogens (tertiary/aromatic N) is 2. The van der Waals surface area contributed by atoms with E-state index in [0.29, 0.717) is 5.69 Å². The number of nitrogen functional groups attached to an aromatic ring is 1. The average molecular weight is 313 g/mol. The van der Waals surface area contributed by atoms with Crippen molar-refractivity contribution in [2.24, 2.45) is 5.41 Å². The van der Waals surface area contributed by atoms with E-state index in [1.54, 1.807) is 12.1 Å². The molecule has 6 heteroatoms. The van der Waals surface area contributed by atoms with Gasteiger partial charge >= 0.3 is 0 Å². The van der Waals surface area contributed by atoms with E-state index in [4.69, 9.17) is 5.73 Å². The first-order chi connectivity index (χ1) is 9.40. The van der Waals surface area contributed by atoms with Crippen molar-refractivity contribution in [1.29, 1.82) is 0 Å². The fourth-order valence-corrected chi connectivity index (χ4v) is 3.08. The highest BCUT2D eigenvalue weighted by Crippen LogP contribution is 2.34. The summed E-state index contributed by atoms with van der Waals surface area (Å²) in [5, 5.41) is 0. The van der Waals surface area contributed by atoms with Crippen LogP contribution in [0, 0.1) is 5.41 Å². The lowest BCUT2D eigenvalue weighted by Crippen LogP contribution is -2.39. The number of nitrogens with two attached hydrogens (primary N) is 1. The van der Waals surface area contributed by atoms with Crippen molar-refractivity contribution in [2.75, 3.05) is 31.8 Å². The van der Waals surface area contributed by atoms with Crippen molar-refractivity contribution in [1.82, 2.24) is 4.31 Å². The zero-order valence-corrected chi connectivity index (χ0v) is 14.8. The minimum absolute atomic E-state index is 0.0532. The van der Waals surface area contributed by atoms with E-state index in [0.717, 1.165) is 5.69 Å². The van der Waals surface area contributed by atoms with Gasteiger partial charge in [-0.05, 0) is 24.5 Å². The van der Waals surface area contributed by atoms with Crippen LogP contribution in [0.4, 0.5) is 11.4 Å². The maximum absolute atomic E-state index is 12.3. The summed E-state index contributed by atoms with van der Waals surface area (Å²) in [5.74, 6) is 0. The van der Waals surface area contributed by atoms with Gasteiger partial charge in [0, 0.05) is 27.2 Å². The average Bonchev–Trinajstić information content (AvgIpc) is 2.35. The highest BCUT2D eigenvalue weighted by atomic mass is 32.2. The third kappa shape index (κ3) is 3.49. The predicted octanol–water partition coefficient (Wildman–Crippen LogP) is 2.39. The number of para-hydroxylation sites is 1. The minimum atomic E-state index is -3.54. The van der Waals surface area contributed by atoms with Crippen LogP contribution in [-0.2, 0) is 10.0 Å². The lowest BCUT2D eigenvalue weighted by atomic mass is 9.87. The first-order valence-electron chi connectivity index (χ1n) is 6.94. The Hall–Kier alpha value is -1.27. The van der Waals surface area contributed by atoms with Crippen molar-refractivity contribution in [2.45, 2.75) is 38.6 Å². The molecule has 1 aromatic carbocycles. The highest BCUT2D eigenvalue weighted by molar-refractivity contribution is 7.89. The summed E-state index contributed by atoms with van der Waals surface area (Å²) in [6, 6.07) is 5.33. The number of sulfonamides is 1. The highest BCUT2D eigenvalue weighted by Gasteiger charge is 2.28. The summed E-state index contributed by atoms with van der Waals surface area (Å²) in [6.45, 7) is 8.53. The molecule has 0 aliphatic carbocycles. The maximum atomic E-state index is 12.3. The number of anilines is 2. The molecule has 1 atom stereocenters. The van der Waals surface area contributed by atoms with Crippen molar-refractivity contribution in [3.8, 4) is 0 Å². The van der Waals surface area contributed by atoms with Gasteiger partial charge in [0.25, 0.3) is 0 Å². The Morgan fingerprint density at radius 2 is 1.67 bits per heavy atom. The van der Waals surface area contributed by atoms with Crippen LogP contribution in [0.5, 0.6) is 0 Å². The number of hydrogen-bond donors (Lipinski definition) is 1. The van der Waals surface area contributed by atoms with Gasteiger partial charge in [0.1, 0.15) is 4.90 Å². The Morgan fingerprint density at radius 1 is 1.14 bits per heavy atom. The lowest BCUT2D eigenvalue weighted by molar-refractivity contribution is 0.330. The molecule has 120 valence electrons. The predicted molar refractivity (Wildman–Crippen MR) is 89.0 cm³/mol. The fourth-order valence-electron chi connectivity index (χ4n) is 2.05. The van der Waals surface area contributed by atoms with Gasteiger partial charge in [0.15, 0.2) is 0 Å². The second-order valence-corrected chi connectivity index (χ2v) is 8.75. The third-order valence-corrected chi connectivity index (χ3v) is 5.89. The van der Waals surface area contributed by atoms with Gasteiger partial charge < -0.3 is 10.6 Å². The summed E-state index contributed by atoms with van der Waals surface area (Å²) in [6.07, 6.45) is 0. The Labute approximate surface area is 128 Å². The largest absolute Gasteiger partial charge is 0.396 e. The van der Waals surface area contributed by atoms with Crippen molar-refractivity contribution in [3.05, 3.63) is 18.2 Å². The van der Waals surface area contributed by atoms with Gasteiger partial charge in [-0.3, -0.25) is 0 Å². The molecule has 21 heavy (non-hydrogen) atoms. The second-order valence-electron chi connectivity index (χ2n) is 6.63. The van der Waals surface area contributed by atoms with Gasteiger partial charge in [0.2, 0.25) is 10.0 Å². The standard InChI is InChI=1S/C15H27N3O2S/c1-11(15(2,3)4)18(7)12-9-8-10-13(14(12)16)21(19,20)17(5)6/h8-11H,16H2,1-7H3. The van der Waals surface area contributed by atoms with Crippen LogP contribution >= 0.6 is 0 Å². The molecular formula is C15H27N3O2S. The summed E-state index contributed by atoms with van der Waals surface area (Å²) < 4.78 is 25.8. The first kappa shape index (κ1) is 17.8. The molecule has 0 aliphatic rings. The topological polar surface area (TPSA) is 66.6 Å². The minimum Gasteiger partial charge on any atom is -0.396 e. The van der Waals surface area contributed by atoms with E-state index in [2.05, 4.69) is 27.7 Å². The molecule has 5 nitrogen and oxygen atoms in total. The zero-order chi connectivity index (χ0) is 16.6. The fraction of sp³-hybridized carbons (Fsp3) is 0.600. The quantitative estimate of drug-likeness (QED) is 0.867. The zero-order valence-electron chi connectivity index (χ0n) is 14.0. The summed E-state index contributed by atoms with van der Waals surface area (Å²) >= 11 is 0. The van der Waals surface area contributed by atoms with Crippen LogP contribution in [0.3, 0.4) is 0 Å². The van der Waals surface area contributed by atoms with E-state index in [1.807, 2.05) is 18.0 Å². The maximum Gasteiger partial charge on any atom is 0.244 e. The Morgan fingerprint density at radius 3 is 2.10 bits per heavy atom. The van der Waals surface area contributed by atoms with E-state index in [1.165, 1.54) is 18.4 Å². The SMILES string of the molecule is CC(N(C)c1cccc(S(=O)(=O)N(C)C)c1N)C(C)(C)C. The first-order valence-corrected chi connectivity index (χ1v) is 8.38. The van der Waals surface area contributed by atoms with Crippen LogP contribution < -0.4 is 10.6 Å². The van der Waals surface area contributed by atoms with Gasteiger partial charge in [-0.15, -0.1) is 0 Å². The van der Waals surface area contributed by atoms with Crippen molar-refractivity contribution in [3.63, 3.8) is 0 Å². The molecule has 1 rings (SSSR count). The molecule has 0 bridgehead atoms. The summed E-state index contributed by atoms with van der Waals surface area (Å²) in [7, 11) is 1.40. The third-order valence-electron chi connectivity index (χ3n) is 4.02. The van der Waals surface area contributed by atoms with Crippen LogP contribution in [0.1, 0.15) is 27.7 Å². The summed E-state index contributed by atoms with van der Waals surface area (Å²) in [4.78, 5) is 2.18. The van der Waals surface area contributed by atoms with Crippen LogP contribution in [0.15, 0.2) is 23.1 Å². The molecule has 0 saturated heterocycles. The Bertz CT molecular complexity index is 604. The second kappa shape index (κ2) is 5.85. The number of rotatable bonds is 4. The lowest BCUT2D eigenvalue weighted by Gasteiger charge is -2.37. The van der Waals surface area contributed by atoms with Gasteiger partial charge in [-0.1, -0.05) is 26.8 Å². The van der Waals surface area contributed by atoms with Gasteiger partial charge in [-0.25, -0.2) is 12.7 Å². The Balaban J connectivity index is 3.37. The molecule has 0 heterocycles. The molecule has 1 aromatic rings. The monoisotopic (exact) mass is 313 g/mol. The summed E-state index contributed by atoms with van der Waals surface area (Å²) in [5.41, 5.74) is 7.23. The molecule has 2 N–H and O–H groups in total. The molecule has 0 aliphatic heterocycles. The smallest absolute Gasteiger partial charge is 0.244 e. The normalized spacial score (nSPS) is 14.3. The van der Waals surface area contributed by atoms with Crippen LogP contribution in [-0.4, -0.2) is 39.9 Å². The van der Waals surface area contributed by atoms with Crippen molar-refractivity contribution < 1.29 is 8.42 Å². The van der Waals surface area contributed by atoms with E-state index >= 15 is 0 Å². The van der Waals surface area contributed by atoms with E-state index < -0.39 is 10.0 Å².